The number of para-hydroxylation sites is 1. The van der Waals surface area contributed by atoms with Crippen molar-refractivity contribution in [1.82, 2.24) is 25.0 Å². The van der Waals surface area contributed by atoms with Crippen LogP contribution in [0.1, 0.15) is 0 Å². The average molecular weight is 526 g/mol. The van der Waals surface area contributed by atoms with Crippen LogP contribution in [0.25, 0.3) is 72.2 Å². The predicted molar refractivity (Wildman–Crippen MR) is 166 cm³/mol. The minimum absolute atomic E-state index is 0.836. The first-order chi connectivity index (χ1) is 20.3. The normalized spacial score (nSPS) is 11.4. The zero-order chi connectivity index (χ0) is 27.2. The van der Waals surface area contributed by atoms with E-state index in [-0.39, 0.29) is 0 Å². The molecule has 8 rings (SSSR count). The quantitative estimate of drug-likeness (QED) is 0.216. The molecule has 0 fully saturated rings. The number of hydrogen-bond acceptors (Lipinski definition) is 4. The molecular weight excluding hydrogens is 502 g/mol. The Hall–Kier alpha value is -5.68. The van der Waals surface area contributed by atoms with Gasteiger partial charge in [0.25, 0.3) is 0 Å². The second-order valence-electron chi connectivity index (χ2n) is 10.0. The van der Waals surface area contributed by atoms with Crippen LogP contribution in [-0.4, -0.2) is 25.0 Å². The maximum absolute atomic E-state index is 5.22. The number of aromatic nitrogens is 5. The van der Waals surface area contributed by atoms with Gasteiger partial charge in [-0.3, -0.25) is 0 Å². The fourth-order valence-corrected chi connectivity index (χ4v) is 5.45. The summed E-state index contributed by atoms with van der Waals surface area (Å²) in [5, 5.41) is 11.8. The lowest BCUT2D eigenvalue weighted by Gasteiger charge is -2.13. The van der Waals surface area contributed by atoms with Crippen molar-refractivity contribution in [3.8, 4) is 39.3 Å². The number of hydrogen-bond donors (Lipinski definition) is 0. The second kappa shape index (κ2) is 9.50. The van der Waals surface area contributed by atoms with E-state index in [0.29, 0.717) is 0 Å². The topological polar surface area (TPSA) is 56.5 Å². The monoisotopic (exact) mass is 525 g/mol. The van der Waals surface area contributed by atoms with Crippen molar-refractivity contribution >= 4 is 32.8 Å². The van der Waals surface area contributed by atoms with Crippen LogP contribution in [0.15, 0.2) is 140 Å². The molecule has 0 aliphatic heterocycles. The molecule has 41 heavy (non-hydrogen) atoms. The first kappa shape index (κ1) is 23.2. The van der Waals surface area contributed by atoms with Crippen molar-refractivity contribution in [3.63, 3.8) is 0 Å². The summed E-state index contributed by atoms with van der Waals surface area (Å²) >= 11 is 0. The highest BCUT2D eigenvalue weighted by Gasteiger charge is 2.17. The molecule has 0 unspecified atom stereocenters. The van der Waals surface area contributed by atoms with Gasteiger partial charge >= 0.3 is 0 Å². The molecule has 3 aromatic heterocycles. The Labute approximate surface area is 236 Å². The highest BCUT2D eigenvalue weighted by Crippen LogP contribution is 2.38. The highest BCUT2D eigenvalue weighted by molar-refractivity contribution is 6.11. The SMILES string of the molecule is c1ccc(-c2ccc3ccc4c(-c5cccc6nn(-c7ccccc7)nc56)cc(-c5ccccc5)nc4c3n2)cc1. The zero-order valence-electron chi connectivity index (χ0n) is 22.0. The lowest BCUT2D eigenvalue weighted by molar-refractivity contribution is 0.766. The summed E-state index contributed by atoms with van der Waals surface area (Å²) in [5.41, 5.74) is 10.3. The second-order valence-corrected chi connectivity index (χ2v) is 10.0. The van der Waals surface area contributed by atoms with Gasteiger partial charge < -0.3 is 0 Å². The zero-order valence-corrected chi connectivity index (χ0v) is 22.0. The Balaban J connectivity index is 1.43. The number of nitrogens with zero attached hydrogens (tertiary/aromatic N) is 5. The largest absolute Gasteiger partial charge is 0.245 e. The molecule has 5 aromatic carbocycles. The van der Waals surface area contributed by atoms with Gasteiger partial charge in [0.1, 0.15) is 11.0 Å². The summed E-state index contributed by atoms with van der Waals surface area (Å²) in [6, 6.07) is 47.4. The molecule has 0 radical (unpaired) electrons. The van der Waals surface area contributed by atoms with E-state index in [2.05, 4.69) is 60.7 Å². The summed E-state index contributed by atoms with van der Waals surface area (Å²) in [6.07, 6.45) is 0. The van der Waals surface area contributed by atoms with E-state index in [1.165, 1.54) is 0 Å². The van der Waals surface area contributed by atoms with Crippen LogP contribution < -0.4 is 0 Å². The van der Waals surface area contributed by atoms with E-state index >= 15 is 0 Å². The smallest absolute Gasteiger partial charge is 0.121 e. The molecule has 0 N–H and O–H groups in total. The van der Waals surface area contributed by atoms with Crippen LogP contribution in [0.3, 0.4) is 0 Å². The van der Waals surface area contributed by atoms with Crippen LogP contribution >= 0.6 is 0 Å². The summed E-state index contributed by atoms with van der Waals surface area (Å²) in [7, 11) is 0. The van der Waals surface area contributed by atoms with Gasteiger partial charge in [0.2, 0.25) is 0 Å². The van der Waals surface area contributed by atoms with Gasteiger partial charge in [0, 0.05) is 27.5 Å². The van der Waals surface area contributed by atoms with E-state index < -0.39 is 0 Å². The molecule has 5 nitrogen and oxygen atoms in total. The molecule has 0 bridgehead atoms. The summed E-state index contributed by atoms with van der Waals surface area (Å²) in [6.45, 7) is 0. The fourth-order valence-electron chi connectivity index (χ4n) is 5.45. The number of pyridine rings is 2. The number of fused-ring (bicyclic) bond motifs is 4. The third-order valence-corrected chi connectivity index (χ3v) is 7.47. The van der Waals surface area contributed by atoms with E-state index in [1.807, 2.05) is 78.9 Å². The minimum Gasteiger partial charge on any atom is -0.245 e. The van der Waals surface area contributed by atoms with Crippen molar-refractivity contribution < 1.29 is 0 Å². The first-order valence-corrected chi connectivity index (χ1v) is 13.6. The van der Waals surface area contributed by atoms with Gasteiger partial charge in [-0.2, -0.15) is 4.80 Å². The Morgan fingerprint density at radius 3 is 1.85 bits per heavy atom. The molecular formula is C36H23N5. The van der Waals surface area contributed by atoms with E-state index in [9.17, 15) is 0 Å². The molecule has 0 atom stereocenters. The lowest BCUT2D eigenvalue weighted by atomic mass is 9.96. The van der Waals surface area contributed by atoms with E-state index in [1.54, 1.807) is 4.80 Å². The lowest BCUT2D eigenvalue weighted by Crippen LogP contribution is -1.97. The fraction of sp³-hybridized carbons (Fsp3) is 0. The van der Waals surface area contributed by atoms with Gasteiger partial charge in [-0.15, -0.1) is 10.2 Å². The minimum atomic E-state index is 0.836. The number of benzene rings is 5. The standard InChI is InChI=1S/C36H23N5/c1-4-11-24(12-5-1)31-22-20-26-19-21-29-30(23-33(25-13-6-2-7-14-25)38-36(29)34(26)37-31)28-17-10-18-32-35(28)40-41(39-32)27-15-8-3-9-16-27/h1-23H. The molecule has 0 aliphatic rings. The van der Waals surface area contributed by atoms with Gasteiger partial charge in [-0.25, -0.2) is 9.97 Å². The van der Waals surface area contributed by atoms with Gasteiger partial charge in [-0.05, 0) is 35.9 Å². The third-order valence-electron chi connectivity index (χ3n) is 7.47. The Bertz CT molecular complexity index is 2190. The Morgan fingerprint density at radius 1 is 0.439 bits per heavy atom. The highest BCUT2D eigenvalue weighted by atomic mass is 15.5. The van der Waals surface area contributed by atoms with Crippen molar-refractivity contribution in [2.24, 2.45) is 0 Å². The molecule has 5 heteroatoms. The third kappa shape index (κ3) is 4.03. The van der Waals surface area contributed by atoms with Crippen molar-refractivity contribution in [1.29, 1.82) is 0 Å². The van der Waals surface area contributed by atoms with Crippen LogP contribution in [0.5, 0.6) is 0 Å². The molecule has 8 aromatic rings. The average Bonchev–Trinajstić information content (AvgIpc) is 3.50. The molecule has 0 amide bonds. The molecule has 0 aliphatic carbocycles. The van der Waals surface area contributed by atoms with Crippen LogP contribution in [0.4, 0.5) is 0 Å². The van der Waals surface area contributed by atoms with E-state index in [4.69, 9.17) is 20.2 Å². The van der Waals surface area contributed by atoms with Crippen molar-refractivity contribution in [2.45, 2.75) is 0 Å². The van der Waals surface area contributed by atoms with Crippen molar-refractivity contribution in [3.05, 3.63) is 140 Å². The molecule has 0 spiro atoms. The molecule has 3 heterocycles. The maximum Gasteiger partial charge on any atom is 0.121 e. The first-order valence-electron chi connectivity index (χ1n) is 13.6. The Kier molecular flexibility index (Phi) is 5.38. The molecule has 192 valence electrons. The number of rotatable bonds is 4. The maximum atomic E-state index is 5.22. The van der Waals surface area contributed by atoms with Gasteiger partial charge in [0.05, 0.1) is 28.1 Å². The summed E-state index contributed by atoms with van der Waals surface area (Å²) < 4.78 is 0. The predicted octanol–water partition coefficient (Wildman–Crippen LogP) is 8.52. The van der Waals surface area contributed by atoms with Crippen molar-refractivity contribution in [2.75, 3.05) is 0 Å². The van der Waals surface area contributed by atoms with Crippen LogP contribution in [0, 0.1) is 0 Å². The van der Waals surface area contributed by atoms with E-state index in [0.717, 1.165) is 72.2 Å². The summed E-state index contributed by atoms with van der Waals surface area (Å²) in [5.74, 6) is 0. The molecule has 0 saturated carbocycles. The van der Waals surface area contributed by atoms with Gasteiger partial charge in [-0.1, -0.05) is 109 Å². The Morgan fingerprint density at radius 2 is 1.10 bits per heavy atom. The van der Waals surface area contributed by atoms with Crippen LogP contribution in [-0.2, 0) is 0 Å². The van der Waals surface area contributed by atoms with Gasteiger partial charge in [0.15, 0.2) is 0 Å². The van der Waals surface area contributed by atoms with Crippen LogP contribution in [0.2, 0.25) is 0 Å². The summed E-state index contributed by atoms with van der Waals surface area (Å²) in [4.78, 5) is 12.1. The molecule has 0 saturated heterocycles.